The van der Waals surface area contributed by atoms with Crippen molar-refractivity contribution in [2.45, 2.75) is 6.42 Å². The molecule has 0 spiro atoms. The molecule has 1 aliphatic rings. The topological polar surface area (TPSA) is 70.6 Å². The normalized spacial score (nSPS) is 15.0. The SMILES string of the molecule is O=C1Nc2ccccc2C(=O)/C(=N\Nc2ccccc2)Cc2ccccc21. The van der Waals surface area contributed by atoms with E-state index in [1.165, 1.54) is 0 Å². The molecule has 0 unspecified atom stereocenters. The second-order valence-electron chi connectivity index (χ2n) is 6.20. The molecule has 0 atom stereocenters. The predicted octanol–water partition coefficient (Wildman–Crippen LogP) is 4.15. The molecule has 0 fully saturated rings. The zero-order valence-electron chi connectivity index (χ0n) is 14.5. The number of amides is 1. The molecule has 4 rings (SSSR count). The van der Waals surface area contributed by atoms with Crippen LogP contribution in [0.25, 0.3) is 0 Å². The third kappa shape index (κ3) is 3.48. The molecule has 5 nitrogen and oxygen atoms in total. The maximum atomic E-state index is 13.2. The fourth-order valence-electron chi connectivity index (χ4n) is 3.03. The Morgan fingerprint density at radius 1 is 0.778 bits per heavy atom. The van der Waals surface area contributed by atoms with E-state index in [0.29, 0.717) is 22.5 Å². The van der Waals surface area contributed by atoms with E-state index in [1.54, 1.807) is 30.3 Å². The molecule has 2 N–H and O–H groups in total. The molecule has 0 aromatic heterocycles. The van der Waals surface area contributed by atoms with E-state index >= 15 is 0 Å². The Bertz CT molecular complexity index is 1040. The average Bonchev–Trinajstić information content (AvgIpc) is 2.75. The lowest BCUT2D eigenvalue weighted by atomic mass is 9.98. The van der Waals surface area contributed by atoms with E-state index in [0.717, 1.165) is 11.3 Å². The summed E-state index contributed by atoms with van der Waals surface area (Å²) in [7, 11) is 0. The highest BCUT2D eigenvalue weighted by Gasteiger charge is 2.24. The summed E-state index contributed by atoms with van der Waals surface area (Å²) in [6, 6.07) is 23.7. The number of nitrogens with one attached hydrogen (secondary N) is 2. The highest BCUT2D eigenvalue weighted by atomic mass is 16.2. The minimum absolute atomic E-state index is 0.217. The van der Waals surface area contributed by atoms with Crippen molar-refractivity contribution < 1.29 is 9.59 Å². The number of anilines is 2. The number of hydrogen-bond acceptors (Lipinski definition) is 4. The largest absolute Gasteiger partial charge is 0.321 e. The van der Waals surface area contributed by atoms with Crippen LogP contribution in [-0.2, 0) is 6.42 Å². The summed E-state index contributed by atoms with van der Waals surface area (Å²) in [5.41, 5.74) is 6.27. The number of carbonyl (C=O) groups is 2. The highest BCUT2D eigenvalue weighted by Crippen LogP contribution is 2.22. The zero-order chi connectivity index (χ0) is 18.6. The van der Waals surface area contributed by atoms with Crippen molar-refractivity contribution in [3.05, 3.63) is 95.6 Å². The van der Waals surface area contributed by atoms with Gasteiger partial charge in [-0.1, -0.05) is 48.5 Å². The van der Waals surface area contributed by atoms with Crippen LogP contribution in [0, 0.1) is 0 Å². The van der Waals surface area contributed by atoms with Gasteiger partial charge in [-0.2, -0.15) is 5.10 Å². The van der Waals surface area contributed by atoms with E-state index in [-0.39, 0.29) is 18.1 Å². The van der Waals surface area contributed by atoms with Gasteiger partial charge in [0.2, 0.25) is 5.78 Å². The molecule has 132 valence electrons. The monoisotopic (exact) mass is 355 g/mol. The van der Waals surface area contributed by atoms with Gasteiger partial charge in [0.15, 0.2) is 0 Å². The van der Waals surface area contributed by atoms with Crippen LogP contribution >= 0.6 is 0 Å². The van der Waals surface area contributed by atoms with Crippen LogP contribution < -0.4 is 10.7 Å². The molecule has 0 saturated carbocycles. The zero-order valence-corrected chi connectivity index (χ0v) is 14.5. The van der Waals surface area contributed by atoms with Crippen molar-refractivity contribution >= 4 is 28.8 Å². The van der Waals surface area contributed by atoms with Gasteiger partial charge in [0, 0.05) is 17.5 Å². The van der Waals surface area contributed by atoms with E-state index in [2.05, 4.69) is 15.8 Å². The summed E-state index contributed by atoms with van der Waals surface area (Å²) < 4.78 is 0. The van der Waals surface area contributed by atoms with Crippen LogP contribution in [0.5, 0.6) is 0 Å². The van der Waals surface area contributed by atoms with Gasteiger partial charge in [-0.05, 0) is 35.9 Å². The molecule has 0 radical (unpaired) electrons. The standard InChI is InChI=1S/C22H17N3O2/c26-21-18-12-6-7-13-19(18)23-22(27)17-11-5-4-8-15(17)14-20(21)25-24-16-9-2-1-3-10-16/h1-13,24H,14H2,(H,23,27)/b25-20-. The minimum Gasteiger partial charge on any atom is -0.321 e. The molecule has 3 aromatic rings. The van der Waals surface area contributed by atoms with E-state index in [9.17, 15) is 9.59 Å². The van der Waals surface area contributed by atoms with Gasteiger partial charge in [0.1, 0.15) is 5.71 Å². The number of Topliss-reactive ketones (excluding diaryl/α,β-unsaturated/α-hetero) is 1. The second kappa shape index (κ2) is 7.25. The summed E-state index contributed by atoms with van der Waals surface area (Å²) in [6.07, 6.45) is 0.261. The van der Waals surface area contributed by atoms with Gasteiger partial charge in [-0.25, -0.2) is 0 Å². The molecule has 0 aliphatic carbocycles. The van der Waals surface area contributed by atoms with Gasteiger partial charge in [-0.3, -0.25) is 15.0 Å². The third-order valence-corrected chi connectivity index (χ3v) is 4.40. The Morgan fingerprint density at radius 2 is 1.44 bits per heavy atom. The van der Waals surface area contributed by atoms with Crippen molar-refractivity contribution in [2.24, 2.45) is 5.10 Å². The Balaban J connectivity index is 1.81. The molecule has 1 heterocycles. The van der Waals surface area contributed by atoms with Gasteiger partial charge in [-0.15, -0.1) is 0 Å². The van der Waals surface area contributed by atoms with E-state index in [4.69, 9.17) is 0 Å². The van der Waals surface area contributed by atoms with E-state index < -0.39 is 0 Å². The maximum Gasteiger partial charge on any atom is 0.255 e. The molecule has 1 amide bonds. The Morgan fingerprint density at radius 3 is 2.26 bits per heavy atom. The quantitative estimate of drug-likeness (QED) is 0.679. The first kappa shape index (κ1) is 16.7. The Labute approximate surface area is 156 Å². The number of para-hydroxylation sites is 2. The minimum atomic E-state index is -0.233. The smallest absolute Gasteiger partial charge is 0.255 e. The number of carbonyl (C=O) groups excluding carboxylic acids is 2. The van der Waals surface area contributed by atoms with Crippen LogP contribution in [0.4, 0.5) is 11.4 Å². The summed E-state index contributed by atoms with van der Waals surface area (Å²) in [6.45, 7) is 0. The fourth-order valence-corrected chi connectivity index (χ4v) is 3.03. The van der Waals surface area contributed by atoms with Gasteiger partial charge >= 0.3 is 0 Å². The van der Waals surface area contributed by atoms with Gasteiger partial charge in [0.25, 0.3) is 5.91 Å². The van der Waals surface area contributed by atoms with Gasteiger partial charge < -0.3 is 5.32 Å². The van der Waals surface area contributed by atoms with Crippen LogP contribution in [0.2, 0.25) is 0 Å². The fraction of sp³-hybridized carbons (Fsp3) is 0.0455. The molecule has 1 aliphatic heterocycles. The molecule has 5 heteroatoms. The number of nitrogens with zero attached hydrogens (tertiary/aromatic N) is 1. The molecular formula is C22H17N3O2. The van der Waals surface area contributed by atoms with Crippen LogP contribution in [0.1, 0.15) is 26.3 Å². The van der Waals surface area contributed by atoms with Crippen molar-refractivity contribution in [3.8, 4) is 0 Å². The molecule has 3 aromatic carbocycles. The average molecular weight is 355 g/mol. The molecule has 0 saturated heterocycles. The summed E-state index contributed by atoms with van der Waals surface area (Å²) in [4.78, 5) is 25.8. The van der Waals surface area contributed by atoms with Crippen molar-refractivity contribution in [2.75, 3.05) is 10.7 Å². The van der Waals surface area contributed by atoms with E-state index in [1.807, 2.05) is 48.5 Å². The number of fused-ring (bicyclic) bond motifs is 2. The number of benzene rings is 3. The number of ketones is 1. The third-order valence-electron chi connectivity index (χ3n) is 4.40. The summed E-state index contributed by atoms with van der Waals surface area (Å²) in [5, 5.41) is 7.23. The Kier molecular flexibility index (Phi) is 4.49. The van der Waals surface area contributed by atoms with Crippen molar-refractivity contribution in [3.63, 3.8) is 0 Å². The second-order valence-corrected chi connectivity index (χ2v) is 6.20. The number of rotatable bonds is 2. The van der Waals surface area contributed by atoms with Crippen molar-refractivity contribution in [1.82, 2.24) is 0 Å². The Hall–Kier alpha value is -3.73. The lowest BCUT2D eigenvalue weighted by Gasteiger charge is -2.09. The highest BCUT2D eigenvalue weighted by molar-refractivity contribution is 6.48. The lowest BCUT2D eigenvalue weighted by molar-refractivity contribution is 0.102. The number of hydrazone groups is 1. The first-order valence-corrected chi connectivity index (χ1v) is 8.63. The van der Waals surface area contributed by atoms with Crippen molar-refractivity contribution in [1.29, 1.82) is 0 Å². The molecule has 27 heavy (non-hydrogen) atoms. The molecule has 0 bridgehead atoms. The van der Waals surface area contributed by atoms with Crippen LogP contribution in [0.15, 0.2) is 84.0 Å². The number of hydrogen-bond donors (Lipinski definition) is 2. The van der Waals surface area contributed by atoms with Gasteiger partial charge in [0.05, 0.1) is 11.4 Å². The molecular weight excluding hydrogens is 338 g/mol. The first-order valence-electron chi connectivity index (χ1n) is 8.63. The predicted molar refractivity (Wildman–Crippen MR) is 106 cm³/mol. The van der Waals surface area contributed by atoms with Crippen LogP contribution in [-0.4, -0.2) is 17.4 Å². The maximum absolute atomic E-state index is 13.2. The summed E-state index contributed by atoms with van der Waals surface area (Å²) >= 11 is 0. The first-order chi connectivity index (χ1) is 13.2. The van der Waals surface area contributed by atoms with Crippen LogP contribution in [0.3, 0.4) is 0 Å². The lowest BCUT2D eigenvalue weighted by Crippen LogP contribution is -2.19. The summed E-state index contributed by atoms with van der Waals surface area (Å²) in [5.74, 6) is -0.450.